The van der Waals surface area contributed by atoms with Gasteiger partial charge in [-0.2, -0.15) is 5.26 Å². The summed E-state index contributed by atoms with van der Waals surface area (Å²) in [6, 6.07) is 13.7. The van der Waals surface area contributed by atoms with Gasteiger partial charge in [-0.15, -0.1) is 11.3 Å². The zero-order valence-corrected chi connectivity index (χ0v) is 13.2. The Balaban J connectivity index is 1.94. The number of allylic oxidation sites excluding steroid dienone is 1. The highest BCUT2D eigenvalue weighted by Gasteiger charge is 2.09. The summed E-state index contributed by atoms with van der Waals surface area (Å²) in [7, 11) is 0. The second kappa shape index (κ2) is 6.08. The minimum Gasteiger partial charge on any atom is -0.465 e. The van der Waals surface area contributed by atoms with Gasteiger partial charge in [-0.25, -0.2) is 4.98 Å². The molecule has 0 saturated carbocycles. The van der Waals surface area contributed by atoms with Crippen molar-refractivity contribution in [2.45, 2.75) is 0 Å². The van der Waals surface area contributed by atoms with Crippen molar-refractivity contribution >= 4 is 38.9 Å². The predicted octanol–water partition coefficient (Wildman–Crippen LogP) is 5.23. The molecule has 0 fully saturated rings. The number of nitriles is 1. The molecule has 0 atom stereocenters. The Morgan fingerprint density at radius 1 is 1.29 bits per heavy atom. The lowest BCUT2D eigenvalue weighted by atomic mass is 10.2. The fourth-order valence-electron chi connectivity index (χ4n) is 1.81. The van der Waals surface area contributed by atoms with Crippen LogP contribution in [-0.2, 0) is 0 Å². The number of hydrogen-bond acceptors (Lipinski definition) is 4. The van der Waals surface area contributed by atoms with Gasteiger partial charge in [0, 0.05) is 21.5 Å². The van der Waals surface area contributed by atoms with E-state index < -0.39 is 0 Å². The van der Waals surface area contributed by atoms with Crippen LogP contribution in [0.4, 0.5) is 0 Å². The van der Waals surface area contributed by atoms with Crippen LogP contribution in [0, 0.1) is 11.3 Å². The van der Waals surface area contributed by atoms with Crippen molar-refractivity contribution in [1.82, 2.24) is 4.98 Å². The van der Waals surface area contributed by atoms with Crippen LogP contribution in [0.2, 0.25) is 0 Å². The molecular weight excluding hydrogens is 348 g/mol. The van der Waals surface area contributed by atoms with E-state index >= 15 is 0 Å². The second-order valence-electron chi connectivity index (χ2n) is 4.23. The van der Waals surface area contributed by atoms with Crippen LogP contribution in [0.5, 0.6) is 0 Å². The Morgan fingerprint density at radius 2 is 2.10 bits per heavy atom. The van der Waals surface area contributed by atoms with Crippen molar-refractivity contribution in [3.05, 3.63) is 63.3 Å². The summed E-state index contributed by atoms with van der Waals surface area (Å²) in [5.74, 6) is 0.645. The Hall–Kier alpha value is -2.16. The van der Waals surface area contributed by atoms with E-state index in [1.165, 1.54) is 11.3 Å². The van der Waals surface area contributed by atoms with E-state index in [1.54, 1.807) is 24.5 Å². The third kappa shape index (κ3) is 3.13. The molecule has 0 unspecified atom stereocenters. The van der Waals surface area contributed by atoms with Gasteiger partial charge >= 0.3 is 0 Å². The molecule has 0 spiro atoms. The first-order valence-electron chi connectivity index (χ1n) is 6.13. The van der Waals surface area contributed by atoms with Crippen LogP contribution >= 0.6 is 27.3 Å². The van der Waals surface area contributed by atoms with Gasteiger partial charge in [0.1, 0.15) is 16.8 Å². The first-order valence-corrected chi connectivity index (χ1v) is 7.80. The molecule has 1 aromatic carbocycles. The van der Waals surface area contributed by atoms with E-state index in [0.717, 1.165) is 15.7 Å². The molecule has 0 radical (unpaired) electrons. The van der Waals surface area contributed by atoms with E-state index in [9.17, 15) is 5.26 Å². The third-order valence-electron chi connectivity index (χ3n) is 2.82. The maximum Gasteiger partial charge on any atom is 0.134 e. The average molecular weight is 357 g/mol. The summed E-state index contributed by atoms with van der Waals surface area (Å²) in [6.07, 6.45) is 3.28. The minimum absolute atomic E-state index is 0.498. The molecule has 3 aromatic rings. The third-order valence-corrected chi connectivity index (χ3v) is 4.23. The summed E-state index contributed by atoms with van der Waals surface area (Å²) >= 11 is 4.86. The van der Waals surface area contributed by atoms with Crippen molar-refractivity contribution in [1.29, 1.82) is 5.26 Å². The van der Waals surface area contributed by atoms with Gasteiger partial charge in [0.2, 0.25) is 0 Å². The second-order valence-corrected chi connectivity index (χ2v) is 6.00. The molecule has 0 amide bonds. The quantitative estimate of drug-likeness (QED) is 0.603. The standard InChI is InChI=1S/C16H9BrN2OS/c17-13-5-3-11(4-6-13)15-10-21-16(19-15)12(9-18)8-14-2-1-7-20-14/h1-8,10H. The molecule has 0 saturated heterocycles. The smallest absolute Gasteiger partial charge is 0.134 e. The molecule has 0 aliphatic heterocycles. The summed E-state index contributed by atoms with van der Waals surface area (Å²) in [5, 5.41) is 11.9. The summed E-state index contributed by atoms with van der Waals surface area (Å²) in [6.45, 7) is 0. The zero-order chi connectivity index (χ0) is 14.7. The molecule has 0 N–H and O–H groups in total. The van der Waals surface area contributed by atoms with E-state index in [-0.39, 0.29) is 0 Å². The van der Waals surface area contributed by atoms with Crippen LogP contribution in [0.3, 0.4) is 0 Å². The Bertz CT molecular complexity index is 811. The average Bonchev–Trinajstić information content (AvgIpc) is 3.17. The molecule has 0 bridgehead atoms. The predicted molar refractivity (Wildman–Crippen MR) is 87.4 cm³/mol. The van der Waals surface area contributed by atoms with Gasteiger partial charge in [-0.05, 0) is 24.3 Å². The minimum atomic E-state index is 0.498. The Morgan fingerprint density at radius 3 is 2.76 bits per heavy atom. The number of hydrogen-bond donors (Lipinski definition) is 0. The van der Waals surface area contributed by atoms with Crippen LogP contribution in [0.25, 0.3) is 22.9 Å². The van der Waals surface area contributed by atoms with Crippen LogP contribution in [0.15, 0.2) is 56.9 Å². The largest absolute Gasteiger partial charge is 0.465 e. The van der Waals surface area contributed by atoms with Gasteiger partial charge in [0.25, 0.3) is 0 Å². The first-order chi connectivity index (χ1) is 10.3. The monoisotopic (exact) mass is 356 g/mol. The van der Waals surface area contributed by atoms with Gasteiger partial charge in [0.05, 0.1) is 17.5 Å². The first kappa shape index (κ1) is 13.8. The lowest BCUT2D eigenvalue weighted by molar-refractivity contribution is 0.557. The van der Waals surface area contributed by atoms with Crippen LogP contribution in [0.1, 0.15) is 10.8 Å². The molecule has 21 heavy (non-hydrogen) atoms. The maximum absolute atomic E-state index is 9.30. The molecule has 0 aliphatic carbocycles. The number of rotatable bonds is 3. The topological polar surface area (TPSA) is 49.8 Å². The van der Waals surface area contributed by atoms with Crippen molar-refractivity contribution in [3.63, 3.8) is 0 Å². The SMILES string of the molecule is N#CC(=Cc1ccco1)c1nc(-c2ccc(Br)cc2)cs1. The van der Waals surface area contributed by atoms with Gasteiger partial charge < -0.3 is 4.42 Å². The number of benzene rings is 1. The van der Waals surface area contributed by atoms with Crippen molar-refractivity contribution in [2.24, 2.45) is 0 Å². The van der Waals surface area contributed by atoms with Gasteiger partial charge in [-0.1, -0.05) is 28.1 Å². The van der Waals surface area contributed by atoms with Crippen molar-refractivity contribution in [2.75, 3.05) is 0 Å². The van der Waals surface area contributed by atoms with E-state index in [1.807, 2.05) is 29.6 Å². The van der Waals surface area contributed by atoms with E-state index in [0.29, 0.717) is 16.3 Å². The molecular formula is C16H9BrN2OS. The zero-order valence-electron chi connectivity index (χ0n) is 10.8. The van der Waals surface area contributed by atoms with Crippen LogP contribution < -0.4 is 0 Å². The maximum atomic E-state index is 9.30. The molecule has 0 aliphatic rings. The highest BCUT2D eigenvalue weighted by molar-refractivity contribution is 9.10. The lowest BCUT2D eigenvalue weighted by Crippen LogP contribution is -1.82. The van der Waals surface area contributed by atoms with E-state index in [4.69, 9.17) is 4.42 Å². The number of thiazole rings is 1. The van der Waals surface area contributed by atoms with Crippen molar-refractivity contribution in [3.8, 4) is 17.3 Å². The molecule has 3 nitrogen and oxygen atoms in total. The fourth-order valence-corrected chi connectivity index (χ4v) is 2.87. The molecule has 2 aromatic heterocycles. The van der Waals surface area contributed by atoms with E-state index in [2.05, 4.69) is 27.0 Å². The molecule has 5 heteroatoms. The normalized spacial score (nSPS) is 11.3. The van der Waals surface area contributed by atoms with Crippen LogP contribution in [-0.4, -0.2) is 4.98 Å². The Kier molecular flexibility index (Phi) is 4.00. The number of nitrogens with zero attached hydrogens (tertiary/aromatic N) is 2. The van der Waals surface area contributed by atoms with Crippen molar-refractivity contribution < 1.29 is 4.42 Å². The Labute approximate surface area is 134 Å². The highest BCUT2D eigenvalue weighted by atomic mass is 79.9. The molecule has 102 valence electrons. The summed E-state index contributed by atoms with van der Waals surface area (Å²) < 4.78 is 6.26. The molecule has 3 rings (SSSR count). The van der Waals surface area contributed by atoms with Gasteiger partial charge in [0.15, 0.2) is 0 Å². The fraction of sp³-hybridized carbons (Fsp3) is 0. The lowest BCUT2D eigenvalue weighted by Gasteiger charge is -1.96. The molecule has 2 heterocycles. The number of aromatic nitrogens is 1. The highest BCUT2D eigenvalue weighted by Crippen LogP contribution is 2.28. The number of furan rings is 1. The summed E-state index contributed by atoms with van der Waals surface area (Å²) in [4.78, 5) is 4.53. The number of halogens is 1. The van der Waals surface area contributed by atoms with Gasteiger partial charge in [-0.3, -0.25) is 0 Å². The summed E-state index contributed by atoms with van der Waals surface area (Å²) in [5.41, 5.74) is 2.39.